The number of ether oxygens (including phenoxy) is 1. The van der Waals surface area contributed by atoms with Gasteiger partial charge in [-0.2, -0.15) is 5.10 Å². The molecular formula is C35H49N5O3. The van der Waals surface area contributed by atoms with Gasteiger partial charge < -0.3 is 14.7 Å². The van der Waals surface area contributed by atoms with Gasteiger partial charge in [-0.3, -0.25) is 14.6 Å². The zero-order valence-corrected chi connectivity index (χ0v) is 27.5. The molecule has 2 aliphatic rings. The van der Waals surface area contributed by atoms with E-state index < -0.39 is 17.7 Å². The van der Waals surface area contributed by atoms with Crippen molar-refractivity contribution in [2.45, 2.75) is 99.4 Å². The lowest BCUT2D eigenvalue weighted by Crippen LogP contribution is -2.39. The summed E-state index contributed by atoms with van der Waals surface area (Å²) in [6.07, 6.45) is 1.93. The van der Waals surface area contributed by atoms with Gasteiger partial charge in [-0.1, -0.05) is 32.0 Å². The molecule has 0 saturated carbocycles. The van der Waals surface area contributed by atoms with Gasteiger partial charge in [0.2, 0.25) is 0 Å². The molecule has 43 heavy (non-hydrogen) atoms. The van der Waals surface area contributed by atoms with Crippen LogP contribution < -0.4 is 4.90 Å². The maximum absolute atomic E-state index is 12.8. The summed E-state index contributed by atoms with van der Waals surface area (Å²) in [7, 11) is 2.01. The second kappa shape index (κ2) is 11.7. The van der Waals surface area contributed by atoms with Gasteiger partial charge in [-0.05, 0) is 89.0 Å². The number of nitrogens with zero attached hydrogens (tertiary/aromatic N) is 5. The molecular weight excluding hydrogens is 538 g/mol. The maximum atomic E-state index is 12.8. The number of fused-ring (bicyclic) bond motifs is 1. The molecule has 232 valence electrons. The van der Waals surface area contributed by atoms with Crippen LogP contribution in [-0.4, -0.2) is 56.0 Å². The summed E-state index contributed by atoms with van der Waals surface area (Å²) < 4.78 is 8.23. The third kappa shape index (κ3) is 6.80. The van der Waals surface area contributed by atoms with Crippen molar-refractivity contribution in [1.82, 2.24) is 19.7 Å². The summed E-state index contributed by atoms with van der Waals surface area (Å²) in [4.78, 5) is 22.6. The lowest BCUT2D eigenvalue weighted by Gasteiger charge is -2.41. The number of benzene rings is 1. The molecule has 0 amide bonds. The van der Waals surface area contributed by atoms with E-state index in [9.17, 15) is 9.90 Å². The fraction of sp³-hybridized carbons (Fsp3) is 0.571. The van der Waals surface area contributed by atoms with Crippen molar-refractivity contribution < 1.29 is 14.6 Å². The number of anilines is 1. The predicted octanol–water partition coefficient (Wildman–Crippen LogP) is 6.53. The molecule has 2 aliphatic heterocycles. The average molecular weight is 588 g/mol. The number of hydrogen-bond acceptors (Lipinski definition) is 6. The smallest absolute Gasteiger partial charge is 0.337 e. The minimum atomic E-state index is -1.11. The van der Waals surface area contributed by atoms with Crippen LogP contribution in [0.1, 0.15) is 93.0 Å². The Morgan fingerprint density at radius 3 is 2.35 bits per heavy atom. The van der Waals surface area contributed by atoms with E-state index in [1.165, 1.54) is 16.8 Å². The van der Waals surface area contributed by atoms with Crippen LogP contribution in [0.25, 0.3) is 11.1 Å². The van der Waals surface area contributed by atoms with E-state index in [0.717, 1.165) is 85.9 Å². The normalized spacial score (nSPS) is 18.0. The first-order chi connectivity index (χ1) is 20.1. The van der Waals surface area contributed by atoms with Crippen LogP contribution in [0.4, 0.5) is 5.69 Å². The maximum Gasteiger partial charge on any atom is 0.337 e. The van der Waals surface area contributed by atoms with Crippen molar-refractivity contribution in [2.24, 2.45) is 12.5 Å². The molecule has 1 N–H and O–H groups in total. The Balaban J connectivity index is 1.57. The Morgan fingerprint density at radius 1 is 1.05 bits per heavy atom. The number of carboxylic acid groups (broad SMARTS) is 1. The Kier molecular flexibility index (Phi) is 8.49. The summed E-state index contributed by atoms with van der Waals surface area (Å²) in [5.74, 6) is -0.984. The third-order valence-corrected chi connectivity index (χ3v) is 9.04. The molecule has 8 heteroatoms. The summed E-state index contributed by atoms with van der Waals surface area (Å²) in [6, 6.07) is 8.95. The number of hydrogen-bond donors (Lipinski definition) is 1. The molecule has 1 fully saturated rings. The van der Waals surface area contributed by atoms with Crippen LogP contribution >= 0.6 is 0 Å². The first-order valence-corrected chi connectivity index (χ1v) is 15.6. The molecule has 1 unspecified atom stereocenters. The first-order valence-electron chi connectivity index (χ1n) is 15.6. The van der Waals surface area contributed by atoms with Gasteiger partial charge in [0.05, 0.1) is 22.7 Å². The highest BCUT2D eigenvalue weighted by molar-refractivity contribution is 5.88. The number of aryl methyl sites for hydroxylation is 4. The number of piperidine rings is 1. The number of carboxylic acids is 1. The van der Waals surface area contributed by atoms with E-state index >= 15 is 0 Å². The summed E-state index contributed by atoms with van der Waals surface area (Å²) in [5.41, 5.74) is 10.0. The molecule has 0 bridgehead atoms. The van der Waals surface area contributed by atoms with E-state index in [1.807, 2.05) is 46.3 Å². The number of aromatic nitrogens is 3. The van der Waals surface area contributed by atoms with Gasteiger partial charge in [0, 0.05) is 62.3 Å². The lowest BCUT2D eigenvalue weighted by atomic mass is 9.81. The Bertz CT molecular complexity index is 1510. The SMILES string of the molecule is Cc1cc(CN2CCc3cc(-c4c(C)nc(C)c(C(OC(C)(C)C)C(=O)O)c4N4CCC(C)(C)CC4)ccc3C2)n(C)n1. The largest absolute Gasteiger partial charge is 0.479 e. The summed E-state index contributed by atoms with van der Waals surface area (Å²) >= 11 is 0. The van der Waals surface area contributed by atoms with E-state index in [4.69, 9.17) is 9.72 Å². The highest BCUT2D eigenvalue weighted by atomic mass is 16.5. The minimum absolute atomic E-state index is 0.258. The molecule has 0 aliphatic carbocycles. The van der Waals surface area contributed by atoms with Crippen LogP contribution in [0.5, 0.6) is 0 Å². The topological polar surface area (TPSA) is 83.7 Å². The van der Waals surface area contributed by atoms with Crippen LogP contribution in [-0.2, 0) is 36.1 Å². The number of aliphatic carboxylic acids is 1. The van der Waals surface area contributed by atoms with E-state index in [2.05, 4.69) is 59.9 Å². The highest BCUT2D eigenvalue weighted by Gasteiger charge is 2.36. The van der Waals surface area contributed by atoms with Crippen molar-refractivity contribution >= 4 is 11.7 Å². The predicted molar refractivity (Wildman–Crippen MR) is 171 cm³/mol. The molecule has 8 nitrogen and oxygen atoms in total. The monoisotopic (exact) mass is 587 g/mol. The standard InChI is InChI=1S/C35H49N5O3/c1-22-18-28(38(9)37-22)21-39-15-12-25-19-26(10-11-27(25)20-39)29-23(2)36-24(3)30(32(33(41)42)43-34(4,5)6)31(29)40-16-13-35(7,8)14-17-40/h10-11,18-19,32H,12-17,20-21H2,1-9H3,(H,41,42). The lowest BCUT2D eigenvalue weighted by molar-refractivity contribution is -0.160. The van der Waals surface area contributed by atoms with E-state index in [-0.39, 0.29) is 5.41 Å². The second-order valence-corrected chi connectivity index (χ2v) is 14.4. The van der Waals surface area contributed by atoms with Crippen molar-refractivity contribution in [1.29, 1.82) is 0 Å². The number of pyridine rings is 1. The van der Waals surface area contributed by atoms with Crippen molar-refractivity contribution in [2.75, 3.05) is 24.5 Å². The van der Waals surface area contributed by atoms with Gasteiger partial charge in [-0.15, -0.1) is 0 Å². The second-order valence-electron chi connectivity index (χ2n) is 14.4. The minimum Gasteiger partial charge on any atom is -0.479 e. The Labute approximate surface area is 257 Å². The molecule has 2 aromatic heterocycles. The van der Waals surface area contributed by atoms with Gasteiger partial charge in [0.15, 0.2) is 6.10 Å². The highest BCUT2D eigenvalue weighted by Crippen LogP contribution is 2.45. The van der Waals surface area contributed by atoms with Crippen molar-refractivity contribution in [3.63, 3.8) is 0 Å². The van der Waals surface area contributed by atoms with Gasteiger partial charge >= 0.3 is 5.97 Å². The zero-order valence-electron chi connectivity index (χ0n) is 27.5. The van der Waals surface area contributed by atoms with E-state index in [0.29, 0.717) is 5.56 Å². The Morgan fingerprint density at radius 2 is 1.74 bits per heavy atom. The van der Waals surface area contributed by atoms with Gasteiger partial charge in [-0.25, -0.2) is 4.79 Å². The van der Waals surface area contributed by atoms with Crippen molar-refractivity contribution in [3.05, 3.63) is 63.7 Å². The number of carbonyl (C=O) groups is 1. The molecule has 1 aromatic carbocycles. The van der Waals surface area contributed by atoms with Crippen LogP contribution in [0.2, 0.25) is 0 Å². The van der Waals surface area contributed by atoms with Crippen LogP contribution in [0.15, 0.2) is 24.3 Å². The quantitative estimate of drug-likeness (QED) is 0.336. The first kappa shape index (κ1) is 31.2. The summed E-state index contributed by atoms with van der Waals surface area (Å²) in [5, 5.41) is 15.0. The molecule has 4 heterocycles. The van der Waals surface area contributed by atoms with E-state index in [1.54, 1.807) is 0 Å². The Hall–Kier alpha value is -3.23. The fourth-order valence-corrected chi connectivity index (χ4v) is 6.70. The summed E-state index contributed by atoms with van der Waals surface area (Å²) in [6.45, 7) is 20.9. The average Bonchev–Trinajstić information content (AvgIpc) is 3.22. The van der Waals surface area contributed by atoms with Crippen molar-refractivity contribution in [3.8, 4) is 11.1 Å². The third-order valence-electron chi connectivity index (χ3n) is 9.04. The molecule has 3 aromatic rings. The molecule has 1 atom stereocenters. The molecule has 1 saturated heterocycles. The van der Waals surface area contributed by atoms with Gasteiger partial charge in [0.25, 0.3) is 0 Å². The molecule has 5 rings (SSSR count). The van der Waals surface area contributed by atoms with Crippen LogP contribution in [0.3, 0.4) is 0 Å². The fourth-order valence-electron chi connectivity index (χ4n) is 6.70. The van der Waals surface area contributed by atoms with Gasteiger partial charge in [0.1, 0.15) is 0 Å². The van der Waals surface area contributed by atoms with Crippen LogP contribution in [0, 0.1) is 26.2 Å². The zero-order chi connectivity index (χ0) is 31.3. The molecule has 0 spiro atoms. The molecule has 0 radical (unpaired) electrons. The number of rotatable bonds is 7.